The first-order valence-corrected chi connectivity index (χ1v) is 6.34. The molecule has 0 aromatic heterocycles. The molecule has 0 bridgehead atoms. The van der Waals surface area contributed by atoms with Crippen LogP contribution in [-0.2, 0) is 0 Å². The maximum absolute atomic E-state index is 11.5. The Bertz CT molecular complexity index is 596. The van der Waals surface area contributed by atoms with Crippen LogP contribution in [0.2, 0.25) is 0 Å². The lowest BCUT2D eigenvalue weighted by Crippen LogP contribution is -2.29. The number of benzene rings is 2. The summed E-state index contributed by atoms with van der Waals surface area (Å²) >= 11 is 5.64. The number of hydrogen-bond acceptors (Lipinski definition) is 2. The third-order valence-corrected chi connectivity index (χ3v) is 3.58. The summed E-state index contributed by atoms with van der Waals surface area (Å²) < 4.78 is 5.86. The molecule has 0 saturated heterocycles. The Balaban J connectivity index is 2.19. The molecule has 1 aliphatic heterocycles. The Morgan fingerprint density at radius 3 is 2.00 bits per heavy atom. The highest BCUT2D eigenvalue weighted by atomic mass is 35.5. The first-order chi connectivity index (χ1) is 9.18. The van der Waals surface area contributed by atoms with Crippen molar-refractivity contribution in [1.82, 2.24) is 4.90 Å². The Labute approximate surface area is 116 Å². The summed E-state index contributed by atoms with van der Waals surface area (Å²) in [6.07, 6.45) is 0. The maximum Gasteiger partial charge on any atom is 0.316 e. The molecule has 0 saturated carbocycles. The van der Waals surface area contributed by atoms with Gasteiger partial charge in [-0.1, -0.05) is 36.4 Å². The molecule has 0 radical (unpaired) electrons. The summed E-state index contributed by atoms with van der Waals surface area (Å²) in [5.74, 6) is 1.52. The lowest BCUT2D eigenvalue weighted by molar-refractivity contribution is 0.219. The highest BCUT2D eigenvalue weighted by Crippen LogP contribution is 2.45. The van der Waals surface area contributed by atoms with Gasteiger partial charge in [0.2, 0.25) is 0 Å². The van der Waals surface area contributed by atoms with Gasteiger partial charge in [-0.2, -0.15) is 0 Å². The van der Waals surface area contributed by atoms with Gasteiger partial charge in [-0.05, 0) is 23.7 Å². The second-order valence-electron chi connectivity index (χ2n) is 4.44. The van der Waals surface area contributed by atoms with Crippen LogP contribution in [0.3, 0.4) is 0 Å². The van der Waals surface area contributed by atoms with E-state index in [0.29, 0.717) is 0 Å². The number of carbonyl (C=O) groups is 1. The molecular weight excluding hydrogens is 262 g/mol. The Hall–Kier alpha value is -2.00. The van der Waals surface area contributed by atoms with Crippen LogP contribution in [0.4, 0.5) is 4.79 Å². The SMILES string of the molecule is CN(C(=O)Cl)C1c2ccccc2Oc2ccccc21. The quantitative estimate of drug-likeness (QED) is 0.576. The number of halogens is 1. The second kappa shape index (κ2) is 4.59. The summed E-state index contributed by atoms with van der Waals surface area (Å²) in [6, 6.07) is 15.1. The molecule has 19 heavy (non-hydrogen) atoms. The highest BCUT2D eigenvalue weighted by Gasteiger charge is 2.31. The topological polar surface area (TPSA) is 29.5 Å². The zero-order valence-corrected chi connectivity index (χ0v) is 11.1. The van der Waals surface area contributed by atoms with Crippen molar-refractivity contribution in [2.75, 3.05) is 7.05 Å². The van der Waals surface area contributed by atoms with Gasteiger partial charge in [0, 0.05) is 18.2 Å². The molecule has 1 heterocycles. The molecule has 96 valence electrons. The van der Waals surface area contributed by atoms with Gasteiger partial charge in [0.15, 0.2) is 0 Å². The Morgan fingerprint density at radius 1 is 1.05 bits per heavy atom. The van der Waals surface area contributed by atoms with E-state index in [4.69, 9.17) is 16.3 Å². The van der Waals surface area contributed by atoms with Crippen molar-refractivity contribution in [3.8, 4) is 11.5 Å². The smallest absolute Gasteiger partial charge is 0.316 e. The minimum atomic E-state index is -0.489. The number of rotatable bonds is 1. The minimum Gasteiger partial charge on any atom is -0.457 e. The molecule has 1 aliphatic rings. The van der Waals surface area contributed by atoms with E-state index >= 15 is 0 Å². The van der Waals surface area contributed by atoms with Gasteiger partial charge >= 0.3 is 5.37 Å². The maximum atomic E-state index is 11.5. The highest BCUT2D eigenvalue weighted by molar-refractivity contribution is 6.62. The third-order valence-electron chi connectivity index (χ3n) is 3.31. The predicted octanol–water partition coefficient (Wildman–Crippen LogP) is 4.17. The lowest BCUT2D eigenvalue weighted by atomic mass is 9.94. The van der Waals surface area contributed by atoms with Crippen molar-refractivity contribution < 1.29 is 9.53 Å². The van der Waals surface area contributed by atoms with Crippen LogP contribution in [0.1, 0.15) is 17.2 Å². The van der Waals surface area contributed by atoms with Crippen molar-refractivity contribution in [1.29, 1.82) is 0 Å². The molecule has 0 spiro atoms. The average molecular weight is 274 g/mol. The van der Waals surface area contributed by atoms with Gasteiger partial charge in [0.1, 0.15) is 11.5 Å². The van der Waals surface area contributed by atoms with Crippen LogP contribution >= 0.6 is 11.6 Å². The molecule has 0 aliphatic carbocycles. The van der Waals surface area contributed by atoms with Crippen LogP contribution in [0, 0.1) is 0 Å². The van der Waals surface area contributed by atoms with Crippen LogP contribution in [0.5, 0.6) is 11.5 Å². The fraction of sp³-hybridized carbons (Fsp3) is 0.133. The van der Waals surface area contributed by atoms with Crippen molar-refractivity contribution in [3.63, 3.8) is 0 Å². The van der Waals surface area contributed by atoms with Crippen LogP contribution in [-0.4, -0.2) is 17.3 Å². The molecule has 3 nitrogen and oxygen atoms in total. The largest absolute Gasteiger partial charge is 0.457 e. The monoisotopic (exact) mass is 273 g/mol. The van der Waals surface area contributed by atoms with Crippen LogP contribution in [0.15, 0.2) is 48.5 Å². The van der Waals surface area contributed by atoms with Gasteiger partial charge in [0.25, 0.3) is 0 Å². The Morgan fingerprint density at radius 2 is 1.53 bits per heavy atom. The lowest BCUT2D eigenvalue weighted by Gasteiger charge is -2.33. The van der Waals surface area contributed by atoms with E-state index in [9.17, 15) is 4.79 Å². The molecule has 2 aromatic carbocycles. The summed E-state index contributed by atoms with van der Waals surface area (Å²) in [6.45, 7) is 0. The molecule has 0 atom stereocenters. The summed E-state index contributed by atoms with van der Waals surface area (Å²) in [5.41, 5.74) is 1.88. The summed E-state index contributed by atoms with van der Waals surface area (Å²) in [7, 11) is 1.69. The van der Waals surface area contributed by atoms with Crippen molar-refractivity contribution in [3.05, 3.63) is 59.7 Å². The first-order valence-electron chi connectivity index (χ1n) is 5.96. The molecule has 4 heteroatoms. The van der Waals surface area contributed by atoms with E-state index in [0.717, 1.165) is 22.6 Å². The molecule has 3 rings (SSSR count). The van der Waals surface area contributed by atoms with E-state index in [2.05, 4.69) is 0 Å². The van der Waals surface area contributed by atoms with Gasteiger partial charge in [-0.25, -0.2) is 0 Å². The summed E-state index contributed by atoms with van der Waals surface area (Å²) in [5, 5.41) is -0.489. The van der Waals surface area contributed by atoms with Gasteiger partial charge in [0.05, 0.1) is 6.04 Å². The second-order valence-corrected chi connectivity index (χ2v) is 4.77. The number of carbonyl (C=O) groups excluding carboxylic acids is 1. The molecule has 0 fully saturated rings. The van der Waals surface area contributed by atoms with Gasteiger partial charge in [-0.3, -0.25) is 4.79 Å². The zero-order chi connectivity index (χ0) is 13.4. The van der Waals surface area contributed by atoms with E-state index in [1.165, 1.54) is 4.90 Å². The number of ether oxygens (including phenoxy) is 1. The van der Waals surface area contributed by atoms with E-state index < -0.39 is 5.37 Å². The normalized spacial score (nSPS) is 13.2. The van der Waals surface area contributed by atoms with Crippen molar-refractivity contribution in [2.24, 2.45) is 0 Å². The predicted molar refractivity (Wildman–Crippen MR) is 73.8 cm³/mol. The standard InChI is InChI=1S/C15H12ClNO2/c1-17(15(16)18)14-10-6-2-4-8-12(10)19-13-9-5-3-7-11(13)14/h2-9,14H,1H3. The minimum absolute atomic E-state index is 0.217. The number of hydrogen-bond donors (Lipinski definition) is 0. The molecule has 2 aromatic rings. The van der Waals surface area contributed by atoms with Crippen molar-refractivity contribution >= 4 is 17.0 Å². The van der Waals surface area contributed by atoms with Gasteiger partial charge < -0.3 is 9.64 Å². The fourth-order valence-electron chi connectivity index (χ4n) is 2.40. The van der Waals surface area contributed by atoms with E-state index in [-0.39, 0.29) is 6.04 Å². The number of para-hydroxylation sites is 2. The zero-order valence-electron chi connectivity index (χ0n) is 10.3. The van der Waals surface area contributed by atoms with Gasteiger partial charge in [-0.15, -0.1) is 0 Å². The first kappa shape index (κ1) is 12.1. The molecular formula is C15H12ClNO2. The van der Waals surface area contributed by atoms with Crippen LogP contribution in [0.25, 0.3) is 0 Å². The number of amides is 1. The average Bonchev–Trinajstić information content (AvgIpc) is 2.43. The molecule has 0 unspecified atom stereocenters. The number of fused-ring (bicyclic) bond motifs is 2. The summed E-state index contributed by atoms with van der Waals surface area (Å²) in [4.78, 5) is 13.0. The molecule has 1 amide bonds. The number of nitrogens with zero attached hydrogens (tertiary/aromatic N) is 1. The third kappa shape index (κ3) is 1.96. The van der Waals surface area contributed by atoms with E-state index in [1.54, 1.807) is 7.05 Å². The molecule has 0 N–H and O–H groups in total. The Kier molecular flexibility index (Phi) is 2.91. The van der Waals surface area contributed by atoms with Crippen LogP contribution < -0.4 is 4.74 Å². The fourth-order valence-corrected chi connectivity index (χ4v) is 2.50. The van der Waals surface area contributed by atoms with E-state index in [1.807, 2.05) is 48.5 Å². The van der Waals surface area contributed by atoms with Crippen molar-refractivity contribution in [2.45, 2.75) is 6.04 Å².